The largest absolute Gasteiger partial charge is 0.334 e. The molecule has 88 valence electrons. The van der Waals surface area contributed by atoms with Gasteiger partial charge in [-0.05, 0) is 25.5 Å². The van der Waals surface area contributed by atoms with Crippen LogP contribution >= 0.6 is 11.8 Å². The Hall–Kier alpha value is -1.22. The predicted octanol–water partition coefficient (Wildman–Crippen LogP) is 3.39. The van der Waals surface area contributed by atoms with Gasteiger partial charge >= 0.3 is 0 Å². The third kappa shape index (κ3) is 1.89. The van der Waals surface area contributed by atoms with E-state index in [2.05, 4.69) is 47.7 Å². The molecule has 3 heteroatoms. The molecule has 3 rings (SSSR count). The molecular formula is C14H16N2S. The van der Waals surface area contributed by atoms with E-state index in [1.165, 1.54) is 21.9 Å². The summed E-state index contributed by atoms with van der Waals surface area (Å²) in [7, 11) is 0. The minimum Gasteiger partial charge on any atom is -0.334 e. The molecule has 1 aliphatic heterocycles. The minimum atomic E-state index is 0.628. The molecule has 0 bridgehead atoms. The van der Waals surface area contributed by atoms with E-state index in [4.69, 9.17) is 0 Å². The van der Waals surface area contributed by atoms with Gasteiger partial charge < -0.3 is 4.57 Å². The maximum absolute atomic E-state index is 4.37. The van der Waals surface area contributed by atoms with E-state index in [0.29, 0.717) is 5.92 Å². The van der Waals surface area contributed by atoms with Gasteiger partial charge in [0.05, 0.1) is 12.0 Å². The van der Waals surface area contributed by atoms with Crippen LogP contribution in [0.15, 0.2) is 35.5 Å². The number of hydrogen-bond acceptors (Lipinski definition) is 2. The van der Waals surface area contributed by atoms with Crippen LogP contribution in [-0.4, -0.2) is 15.3 Å². The van der Waals surface area contributed by atoms with E-state index in [-0.39, 0.29) is 0 Å². The first-order chi connectivity index (χ1) is 8.25. The van der Waals surface area contributed by atoms with E-state index in [9.17, 15) is 0 Å². The highest BCUT2D eigenvalue weighted by Gasteiger charge is 2.23. The number of fused-ring (bicyclic) bond motifs is 1. The molecular weight excluding hydrogens is 228 g/mol. The van der Waals surface area contributed by atoms with Crippen LogP contribution in [0.2, 0.25) is 0 Å². The minimum absolute atomic E-state index is 0.628. The monoisotopic (exact) mass is 244 g/mol. The van der Waals surface area contributed by atoms with Crippen molar-refractivity contribution in [1.82, 2.24) is 9.55 Å². The van der Waals surface area contributed by atoms with Crippen LogP contribution in [0.1, 0.15) is 22.9 Å². The molecule has 0 radical (unpaired) electrons. The highest BCUT2D eigenvalue weighted by molar-refractivity contribution is 7.99. The lowest BCUT2D eigenvalue weighted by Gasteiger charge is -2.13. The topological polar surface area (TPSA) is 17.8 Å². The predicted molar refractivity (Wildman–Crippen MR) is 71.6 cm³/mol. The summed E-state index contributed by atoms with van der Waals surface area (Å²) in [5.41, 5.74) is 3.94. The Bertz CT molecular complexity index is 545. The average Bonchev–Trinajstić information content (AvgIpc) is 2.89. The van der Waals surface area contributed by atoms with Crippen molar-refractivity contribution in [2.75, 3.05) is 5.75 Å². The zero-order valence-corrected chi connectivity index (χ0v) is 11.0. The molecule has 0 saturated carbocycles. The summed E-state index contributed by atoms with van der Waals surface area (Å²) in [5, 5.41) is 0. The number of imidazole rings is 1. The zero-order chi connectivity index (χ0) is 11.8. The SMILES string of the molecule is Cc1ncn(CC2CSc3ccccc32)c1C. The van der Waals surface area contributed by atoms with Gasteiger partial charge in [0.2, 0.25) is 0 Å². The Kier molecular flexibility index (Phi) is 2.71. The van der Waals surface area contributed by atoms with Gasteiger partial charge in [-0.25, -0.2) is 4.98 Å². The maximum atomic E-state index is 4.37. The van der Waals surface area contributed by atoms with E-state index >= 15 is 0 Å². The number of aromatic nitrogens is 2. The fourth-order valence-electron chi connectivity index (χ4n) is 2.35. The molecule has 0 saturated heterocycles. The van der Waals surface area contributed by atoms with Crippen LogP contribution in [0.25, 0.3) is 0 Å². The standard InChI is InChI=1S/C14H16N2S/c1-10-11(2)16(9-15-10)7-12-8-17-14-6-4-3-5-13(12)14/h3-6,9,12H,7-8H2,1-2H3. The van der Waals surface area contributed by atoms with E-state index in [0.717, 1.165) is 12.2 Å². The molecule has 1 atom stereocenters. The fourth-order valence-corrected chi connectivity index (χ4v) is 3.59. The quantitative estimate of drug-likeness (QED) is 0.806. The van der Waals surface area contributed by atoms with Crippen molar-refractivity contribution < 1.29 is 0 Å². The number of hydrogen-bond donors (Lipinski definition) is 0. The molecule has 17 heavy (non-hydrogen) atoms. The maximum Gasteiger partial charge on any atom is 0.0951 e. The third-order valence-corrected chi connectivity index (χ3v) is 4.81. The van der Waals surface area contributed by atoms with E-state index < -0.39 is 0 Å². The van der Waals surface area contributed by atoms with Gasteiger partial charge in [0.25, 0.3) is 0 Å². The highest BCUT2D eigenvalue weighted by Crippen LogP contribution is 2.40. The second-order valence-corrected chi connectivity index (χ2v) is 5.68. The first kappa shape index (κ1) is 10.9. The summed E-state index contributed by atoms with van der Waals surface area (Å²) in [6.45, 7) is 5.27. The van der Waals surface area contributed by atoms with Crippen molar-refractivity contribution in [3.05, 3.63) is 47.5 Å². The number of benzene rings is 1. The van der Waals surface area contributed by atoms with E-state index in [1.54, 1.807) is 0 Å². The van der Waals surface area contributed by atoms with Crippen LogP contribution in [-0.2, 0) is 6.54 Å². The lowest BCUT2D eigenvalue weighted by Crippen LogP contribution is -2.09. The molecule has 0 N–H and O–H groups in total. The molecule has 1 unspecified atom stereocenters. The molecule has 1 aromatic heterocycles. The van der Waals surface area contributed by atoms with Gasteiger partial charge in [-0.3, -0.25) is 0 Å². The van der Waals surface area contributed by atoms with Crippen molar-refractivity contribution >= 4 is 11.8 Å². The van der Waals surface area contributed by atoms with Crippen molar-refractivity contribution in [1.29, 1.82) is 0 Å². The normalized spacial score (nSPS) is 18.4. The van der Waals surface area contributed by atoms with Crippen molar-refractivity contribution in [2.24, 2.45) is 0 Å². The molecule has 2 heterocycles. The molecule has 0 aliphatic carbocycles. The van der Waals surface area contributed by atoms with Crippen molar-refractivity contribution in [2.45, 2.75) is 31.2 Å². The summed E-state index contributed by atoms with van der Waals surface area (Å²) in [5.74, 6) is 1.82. The summed E-state index contributed by atoms with van der Waals surface area (Å²) in [6, 6.07) is 8.76. The van der Waals surface area contributed by atoms with Gasteiger partial charge in [0.1, 0.15) is 0 Å². The summed E-state index contributed by atoms with van der Waals surface area (Å²) < 4.78 is 2.28. The second kappa shape index (κ2) is 4.22. The highest BCUT2D eigenvalue weighted by atomic mass is 32.2. The Labute approximate surface area is 106 Å². The summed E-state index contributed by atoms with van der Waals surface area (Å²) in [4.78, 5) is 5.82. The zero-order valence-electron chi connectivity index (χ0n) is 10.2. The third-order valence-electron chi connectivity index (χ3n) is 3.56. The average molecular weight is 244 g/mol. The van der Waals surface area contributed by atoms with Gasteiger partial charge in [-0.2, -0.15) is 0 Å². The van der Waals surface area contributed by atoms with Gasteiger partial charge in [0.15, 0.2) is 0 Å². The molecule has 0 amide bonds. The number of rotatable bonds is 2. The molecule has 2 nitrogen and oxygen atoms in total. The van der Waals surface area contributed by atoms with Crippen LogP contribution in [0, 0.1) is 13.8 Å². The molecule has 0 spiro atoms. The van der Waals surface area contributed by atoms with Crippen molar-refractivity contribution in [3.8, 4) is 0 Å². The number of thioether (sulfide) groups is 1. The Morgan fingerprint density at radius 2 is 2.18 bits per heavy atom. The fraction of sp³-hybridized carbons (Fsp3) is 0.357. The number of aryl methyl sites for hydroxylation is 1. The molecule has 2 aromatic rings. The lowest BCUT2D eigenvalue weighted by molar-refractivity contribution is 0.593. The Balaban J connectivity index is 1.86. The van der Waals surface area contributed by atoms with Gasteiger partial charge in [-0.15, -0.1) is 11.8 Å². The Morgan fingerprint density at radius 1 is 1.35 bits per heavy atom. The van der Waals surface area contributed by atoms with E-state index in [1.807, 2.05) is 18.1 Å². The van der Waals surface area contributed by atoms with Crippen molar-refractivity contribution in [3.63, 3.8) is 0 Å². The molecule has 1 aromatic carbocycles. The summed E-state index contributed by atoms with van der Waals surface area (Å²) >= 11 is 1.97. The molecule has 1 aliphatic rings. The van der Waals surface area contributed by atoms with Crippen LogP contribution in [0.4, 0.5) is 0 Å². The van der Waals surface area contributed by atoms with Crippen LogP contribution in [0.3, 0.4) is 0 Å². The molecule has 0 fully saturated rings. The first-order valence-electron chi connectivity index (χ1n) is 5.96. The van der Waals surface area contributed by atoms with Gasteiger partial charge in [0, 0.05) is 28.8 Å². The van der Waals surface area contributed by atoms with Crippen LogP contribution < -0.4 is 0 Å². The van der Waals surface area contributed by atoms with Gasteiger partial charge in [-0.1, -0.05) is 18.2 Å². The smallest absolute Gasteiger partial charge is 0.0951 e. The Morgan fingerprint density at radius 3 is 2.94 bits per heavy atom. The first-order valence-corrected chi connectivity index (χ1v) is 6.94. The lowest BCUT2D eigenvalue weighted by atomic mass is 10.0. The second-order valence-electron chi connectivity index (χ2n) is 4.61. The number of nitrogens with zero attached hydrogens (tertiary/aromatic N) is 2. The summed E-state index contributed by atoms with van der Waals surface area (Å²) in [6.07, 6.45) is 1.97. The van der Waals surface area contributed by atoms with Crippen LogP contribution in [0.5, 0.6) is 0 Å².